The average Bonchev–Trinajstić information content (AvgIpc) is 2.21. The minimum absolute atomic E-state index is 0.172. The Morgan fingerprint density at radius 2 is 2.14 bits per heavy atom. The molecule has 0 aliphatic rings. The maximum absolute atomic E-state index is 11.2. The smallest absolute Gasteiger partial charge is 0.271 e. The lowest BCUT2D eigenvalue weighted by atomic mass is 10.3. The standard InChI is InChI=1S/C8H11N3O.C2H6/c1-3-9-8(12)7-4-6(2)5-10-11-7;1-2/h4-5H,3H2,1-2H3,(H,9,12);1-2H3. The summed E-state index contributed by atoms with van der Waals surface area (Å²) >= 11 is 0. The molecule has 1 N–H and O–H groups in total. The highest BCUT2D eigenvalue weighted by Crippen LogP contribution is 1.96. The van der Waals surface area contributed by atoms with Crippen molar-refractivity contribution in [3.8, 4) is 0 Å². The molecule has 78 valence electrons. The molecule has 0 unspecified atom stereocenters. The second kappa shape index (κ2) is 7.00. The van der Waals surface area contributed by atoms with Crippen LogP contribution in [0.25, 0.3) is 0 Å². The summed E-state index contributed by atoms with van der Waals surface area (Å²) < 4.78 is 0. The first-order valence-electron chi connectivity index (χ1n) is 4.81. The first-order valence-corrected chi connectivity index (χ1v) is 4.81. The molecule has 1 rings (SSSR count). The van der Waals surface area contributed by atoms with Gasteiger partial charge < -0.3 is 5.32 Å². The number of aromatic nitrogens is 2. The van der Waals surface area contributed by atoms with Crippen molar-refractivity contribution in [1.29, 1.82) is 0 Å². The summed E-state index contributed by atoms with van der Waals surface area (Å²) in [5, 5.41) is 10.0. The minimum Gasteiger partial charge on any atom is -0.351 e. The lowest BCUT2D eigenvalue weighted by Crippen LogP contribution is -2.24. The van der Waals surface area contributed by atoms with Gasteiger partial charge in [0.15, 0.2) is 5.69 Å². The third kappa shape index (κ3) is 3.98. The zero-order valence-electron chi connectivity index (χ0n) is 9.16. The van der Waals surface area contributed by atoms with Gasteiger partial charge in [-0.25, -0.2) is 0 Å². The Morgan fingerprint density at radius 3 is 2.64 bits per heavy atom. The maximum atomic E-state index is 11.2. The number of rotatable bonds is 2. The van der Waals surface area contributed by atoms with Crippen molar-refractivity contribution in [2.45, 2.75) is 27.7 Å². The molecule has 0 aromatic carbocycles. The van der Waals surface area contributed by atoms with Gasteiger partial charge in [-0.1, -0.05) is 13.8 Å². The third-order valence-corrected chi connectivity index (χ3v) is 1.36. The van der Waals surface area contributed by atoms with Gasteiger partial charge in [-0.05, 0) is 25.5 Å². The molecular formula is C10H17N3O. The molecular weight excluding hydrogens is 178 g/mol. The van der Waals surface area contributed by atoms with Crippen molar-refractivity contribution in [3.63, 3.8) is 0 Å². The van der Waals surface area contributed by atoms with Gasteiger partial charge >= 0.3 is 0 Å². The van der Waals surface area contributed by atoms with E-state index >= 15 is 0 Å². The van der Waals surface area contributed by atoms with Crippen LogP contribution in [0.4, 0.5) is 0 Å². The molecule has 4 nitrogen and oxygen atoms in total. The van der Waals surface area contributed by atoms with Crippen molar-refractivity contribution in [3.05, 3.63) is 23.5 Å². The van der Waals surface area contributed by atoms with Crippen LogP contribution in [-0.4, -0.2) is 22.6 Å². The third-order valence-electron chi connectivity index (χ3n) is 1.36. The summed E-state index contributed by atoms with van der Waals surface area (Å²) in [6.07, 6.45) is 1.61. The molecule has 0 aliphatic carbocycles. The van der Waals surface area contributed by atoms with Crippen molar-refractivity contribution in [2.75, 3.05) is 6.54 Å². The SMILES string of the molecule is CC.CCNC(=O)c1cc(C)cnn1. The van der Waals surface area contributed by atoms with Gasteiger partial charge in [-0.3, -0.25) is 4.79 Å². The molecule has 0 saturated heterocycles. The van der Waals surface area contributed by atoms with Gasteiger partial charge in [0.2, 0.25) is 0 Å². The van der Waals surface area contributed by atoms with E-state index in [1.165, 1.54) is 0 Å². The lowest BCUT2D eigenvalue weighted by Gasteiger charge is -1.99. The Bertz CT molecular complexity index is 286. The van der Waals surface area contributed by atoms with E-state index in [-0.39, 0.29) is 5.91 Å². The normalized spacial score (nSPS) is 8.57. The van der Waals surface area contributed by atoms with E-state index in [1.807, 2.05) is 27.7 Å². The second-order valence-electron chi connectivity index (χ2n) is 2.48. The highest BCUT2D eigenvalue weighted by atomic mass is 16.1. The van der Waals surface area contributed by atoms with E-state index in [4.69, 9.17) is 0 Å². The van der Waals surface area contributed by atoms with Gasteiger partial charge in [0.1, 0.15) is 0 Å². The topological polar surface area (TPSA) is 54.9 Å². The highest BCUT2D eigenvalue weighted by Gasteiger charge is 2.05. The van der Waals surface area contributed by atoms with Crippen molar-refractivity contribution in [1.82, 2.24) is 15.5 Å². The van der Waals surface area contributed by atoms with E-state index in [1.54, 1.807) is 12.3 Å². The van der Waals surface area contributed by atoms with Crippen LogP contribution in [-0.2, 0) is 0 Å². The Morgan fingerprint density at radius 1 is 1.50 bits per heavy atom. The van der Waals surface area contributed by atoms with Gasteiger partial charge in [0.25, 0.3) is 5.91 Å². The van der Waals surface area contributed by atoms with Gasteiger partial charge in [0.05, 0.1) is 6.20 Å². The molecule has 14 heavy (non-hydrogen) atoms. The second-order valence-corrected chi connectivity index (χ2v) is 2.48. The quantitative estimate of drug-likeness (QED) is 0.779. The molecule has 0 radical (unpaired) electrons. The largest absolute Gasteiger partial charge is 0.351 e. The molecule has 1 heterocycles. The summed E-state index contributed by atoms with van der Waals surface area (Å²) in [6, 6.07) is 1.71. The summed E-state index contributed by atoms with van der Waals surface area (Å²) in [6.45, 7) is 8.34. The predicted octanol–water partition coefficient (Wildman–Crippen LogP) is 1.56. The fraction of sp³-hybridized carbons (Fsp3) is 0.500. The van der Waals surface area contributed by atoms with E-state index in [2.05, 4.69) is 15.5 Å². The Kier molecular flexibility index (Phi) is 6.28. The molecule has 0 aliphatic heterocycles. The zero-order chi connectivity index (χ0) is 11.0. The number of hydrogen-bond donors (Lipinski definition) is 1. The molecule has 1 amide bonds. The Balaban J connectivity index is 0.000000791. The Hall–Kier alpha value is -1.45. The molecule has 1 aromatic heterocycles. The molecule has 0 bridgehead atoms. The van der Waals surface area contributed by atoms with Crippen LogP contribution in [0, 0.1) is 6.92 Å². The number of aryl methyl sites for hydroxylation is 1. The van der Waals surface area contributed by atoms with Crippen LogP contribution in [0.3, 0.4) is 0 Å². The number of nitrogens with one attached hydrogen (secondary N) is 1. The van der Waals surface area contributed by atoms with Crippen molar-refractivity contribution in [2.24, 2.45) is 0 Å². The number of carbonyl (C=O) groups is 1. The number of amides is 1. The van der Waals surface area contributed by atoms with Crippen LogP contribution in [0.1, 0.15) is 36.8 Å². The number of carbonyl (C=O) groups excluding carboxylic acids is 1. The van der Waals surface area contributed by atoms with Crippen LogP contribution in [0.5, 0.6) is 0 Å². The van der Waals surface area contributed by atoms with Gasteiger partial charge in [-0.2, -0.15) is 5.10 Å². The van der Waals surface area contributed by atoms with E-state index in [0.29, 0.717) is 12.2 Å². The summed E-state index contributed by atoms with van der Waals surface area (Å²) in [4.78, 5) is 11.2. The maximum Gasteiger partial charge on any atom is 0.271 e. The monoisotopic (exact) mass is 195 g/mol. The number of hydrogen-bond acceptors (Lipinski definition) is 3. The van der Waals surface area contributed by atoms with Gasteiger partial charge in [-0.15, -0.1) is 5.10 Å². The molecule has 0 saturated carbocycles. The molecule has 0 spiro atoms. The van der Waals surface area contributed by atoms with E-state index < -0.39 is 0 Å². The van der Waals surface area contributed by atoms with Crippen LogP contribution >= 0.6 is 0 Å². The molecule has 0 atom stereocenters. The average molecular weight is 195 g/mol. The van der Waals surface area contributed by atoms with Crippen LogP contribution in [0.15, 0.2) is 12.3 Å². The van der Waals surface area contributed by atoms with E-state index in [0.717, 1.165) is 5.56 Å². The highest BCUT2D eigenvalue weighted by molar-refractivity contribution is 5.92. The minimum atomic E-state index is -0.172. The zero-order valence-corrected chi connectivity index (χ0v) is 9.16. The molecule has 1 aromatic rings. The number of nitrogens with zero attached hydrogens (tertiary/aromatic N) is 2. The Labute approximate surface area is 84.7 Å². The van der Waals surface area contributed by atoms with Crippen LogP contribution in [0.2, 0.25) is 0 Å². The van der Waals surface area contributed by atoms with Crippen molar-refractivity contribution >= 4 is 5.91 Å². The molecule has 0 fully saturated rings. The fourth-order valence-corrected chi connectivity index (χ4v) is 0.826. The lowest BCUT2D eigenvalue weighted by molar-refractivity contribution is 0.0949. The first-order chi connectivity index (χ1) is 6.74. The summed E-state index contributed by atoms with van der Waals surface area (Å²) in [7, 11) is 0. The van der Waals surface area contributed by atoms with Crippen LogP contribution < -0.4 is 5.32 Å². The summed E-state index contributed by atoms with van der Waals surface area (Å²) in [5.41, 5.74) is 1.31. The van der Waals surface area contributed by atoms with Gasteiger partial charge in [0, 0.05) is 6.54 Å². The van der Waals surface area contributed by atoms with E-state index in [9.17, 15) is 4.79 Å². The van der Waals surface area contributed by atoms with Crippen molar-refractivity contribution < 1.29 is 4.79 Å². The summed E-state index contributed by atoms with van der Waals surface area (Å²) in [5.74, 6) is -0.172. The first kappa shape index (κ1) is 12.6. The fourth-order valence-electron chi connectivity index (χ4n) is 0.826. The molecule has 4 heteroatoms. The predicted molar refractivity (Wildman–Crippen MR) is 56.1 cm³/mol.